The van der Waals surface area contributed by atoms with Gasteiger partial charge in [0.1, 0.15) is 11.1 Å². The second-order valence-electron chi connectivity index (χ2n) is 8.22. The summed E-state index contributed by atoms with van der Waals surface area (Å²) in [7, 11) is -3.41. The first-order valence-corrected chi connectivity index (χ1v) is 13.0. The molecular weight excluding hydrogens is 422 g/mol. The van der Waals surface area contributed by atoms with Crippen molar-refractivity contribution in [2.75, 3.05) is 51.1 Å². The van der Waals surface area contributed by atoms with E-state index in [0.717, 1.165) is 50.5 Å². The van der Waals surface area contributed by atoms with Crippen LogP contribution in [0.2, 0.25) is 0 Å². The van der Waals surface area contributed by atoms with Gasteiger partial charge in [-0.3, -0.25) is 9.69 Å². The van der Waals surface area contributed by atoms with Crippen LogP contribution in [0.25, 0.3) is 0 Å². The number of aryl methyl sites for hydroxylation is 1. The minimum absolute atomic E-state index is 0.143. The predicted molar refractivity (Wildman–Crippen MR) is 117 cm³/mol. The first kappa shape index (κ1) is 21.7. The van der Waals surface area contributed by atoms with E-state index in [9.17, 15) is 18.5 Å². The van der Waals surface area contributed by atoms with Crippen molar-refractivity contribution >= 4 is 32.5 Å². The fourth-order valence-electron chi connectivity index (χ4n) is 4.53. The molecule has 1 aromatic rings. The quantitative estimate of drug-likeness (QED) is 0.736. The molecule has 0 radical (unpaired) electrons. The third-order valence-corrected chi connectivity index (χ3v) is 9.44. The Labute approximate surface area is 182 Å². The van der Waals surface area contributed by atoms with Gasteiger partial charge in [-0.15, -0.1) is 11.3 Å². The molecule has 2 fully saturated rings. The Bertz CT molecular complexity index is 921. The Balaban J connectivity index is 1.30. The summed E-state index contributed by atoms with van der Waals surface area (Å²) in [5.74, 6) is -0.143. The average Bonchev–Trinajstić information content (AvgIpc) is 3.17. The van der Waals surface area contributed by atoms with Crippen LogP contribution in [0.4, 0.5) is 5.00 Å². The van der Waals surface area contributed by atoms with Gasteiger partial charge in [0.25, 0.3) is 10.2 Å². The normalized spacial score (nSPS) is 21.7. The molecule has 30 heavy (non-hydrogen) atoms. The number of anilines is 1. The largest absolute Gasteiger partial charge is 0.315 e. The summed E-state index contributed by atoms with van der Waals surface area (Å²) in [4.78, 5) is 15.7. The van der Waals surface area contributed by atoms with Crippen LogP contribution in [0, 0.1) is 11.3 Å². The number of carbonyl (C=O) groups excluding carboxylic acids is 1. The number of piperazine rings is 1. The number of amides is 1. The van der Waals surface area contributed by atoms with Crippen molar-refractivity contribution in [3.05, 3.63) is 16.0 Å². The molecule has 164 valence electrons. The highest BCUT2D eigenvalue weighted by Crippen LogP contribution is 2.38. The molecule has 0 spiro atoms. The summed E-state index contributed by atoms with van der Waals surface area (Å²) in [6.45, 7) is 3.31. The van der Waals surface area contributed by atoms with E-state index >= 15 is 0 Å². The lowest BCUT2D eigenvalue weighted by Gasteiger charge is -2.36. The summed E-state index contributed by atoms with van der Waals surface area (Å²) >= 11 is 1.52. The van der Waals surface area contributed by atoms with Crippen molar-refractivity contribution in [3.63, 3.8) is 0 Å². The molecule has 0 aromatic carbocycles. The van der Waals surface area contributed by atoms with Crippen LogP contribution in [0.5, 0.6) is 0 Å². The van der Waals surface area contributed by atoms with Crippen LogP contribution < -0.4 is 5.32 Å². The number of nitrogens with zero attached hydrogens (tertiary/aromatic N) is 4. The van der Waals surface area contributed by atoms with Crippen LogP contribution in [0.15, 0.2) is 0 Å². The van der Waals surface area contributed by atoms with Crippen molar-refractivity contribution in [1.82, 2.24) is 13.5 Å². The number of nitriles is 1. The summed E-state index contributed by atoms with van der Waals surface area (Å²) in [6.07, 6.45) is 7.02. The molecule has 1 aromatic heterocycles. The second-order valence-corrected chi connectivity index (χ2v) is 11.3. The van der Waals surface area contributed by atoms with E-state index in [-0.39, 0.29) is 12.5 Å². The van der Waals surface area contributed by atoms with Crippen molar-refractivity contribution in [1.29, 1.82) is 5.26 Å². The molecule has 1 amide bonds. The lowest BCUT2D eigenvalue weighted by molar-refractivity contribution is -0.117. The van der Waals surface area contributed by atoms with Crippen molar-refractivity contribution in [3.8, 4) is 6.07 Å². The molecule has 1 N–H and O–H groups in total. The Kier molecular flexibility index (Phi) is 6.75. The Morgan fingerprint density at radius 2 is 1.63 bits per heavy atom. The minimum atomic E-state index is -3.41. The van der Waals surface area contributed by atoms with Crippen molar-refractivity contribution < 1.29 is 13.2 Å². The van der Waals surface area contributed by atoms with E-state index in [2.05, 4.69) is 11.4 Å². The second kappa shape index (κ2) is 9.32. The molecule has 4 rings (SSSR count). The van der Waals surface area contributed by atoms with E-state index in [1.807, 2.05) is 4.90 Å². The van der Waals surface area contributed by atoms with Crippen LogP contribution in [0.1, 0.15) is 48.1 Å². The van der Waals surface area contributed by atoms with Crippen LogP contribution >= 0.6 is 11.3 Å². The van der Waals surface area contributed by atoms with Gasteiger partial charge in [0.05, 0.1) is 12.1 Å². The van der Waals surface area contributed by atoms with Gasteiger partial charge in [-0.05, 0) is 37.7 Å². The van der Waals surface area contributed by atoms with Crippen LogP contribution in [-0.2, 0) is 27.8 Å². The maximum Gasteiger partial charge on any atom is 0.282 e. The number of hydrogen-bond acceptors (Lipinski definition) is 6. The molecule has 2 saturated heterocycles. The monoisotopic (exact) mass is 451 g/mol. The van der Waals surface area contributed by atoms with E-state index in [1.165, 1.54) is 16.2 Å². The molecule has 3 aliphatic rings. The van der Waals surface area contributed by atoms with Gasteiger partial charge in [0, 0.05) is 44.1 Å². The van der Waals surface area contributed by atoms with Gasteiger partial charge < -0.3 is 5.32 Å². The number of fused-ring (bicyclic) bond motifs is 1. The first-order valence-electron chi connectivity index (χ1n) is 10.8. The molecule has 1 aliphatic carbocycles. The lowest BCUT2D eigenvalue weighted by Crippen LogP contribution is -2.54. The van der Waals surface area contributed by atoms with Crippen LogP contribution in [-0.4, -0.2) is 73.6 Å². The fourth-order valence-corrected chi connectivity index (χ4v) is 7.46. The third kappa shape index (κ3) is 4.55. The number of hydrogen-bond donors (Lipinski definition) is 1. The standard InChI is InChI=1S/C20H29N5O3S2/c21-14-17-16-6-5-7-18(16)29-20(17)22-19(26)15-23-10-12-25(13-11-23)30(27,28)24-8-3-1-2-4-9-24/h1-13,15H2,(H,22,26). The molecule has 8 nitrogen and oxygen atoms in total. The number of rotatable bonds is 5. The molecule has 2 aliphatic heterocycles. The summed E-state index contributed by atoms with van der Waals surface area (Å²) < 4.78 is 29.0. The minimum Gasteiger partial charge on any atom is -0.315 e. The van der Waals surface area contributed by atoms with Gasteiger partial charge in [0.15, 0.2) is 0 Å². The van der Waals surface area contributed by atoms with Gasteiger partial charge in [-0.25, -0.2) is 0 Å². The summed E-state index contributed by atoms with van der Waals surface area (Å²) in [6, 6.07) is 2.25. The third-order valence-electron chi connectivity index (χ3n) is 6.20. The zero-order chi connectivity index (χ0) is 21.1. The van der Waals surface area contributed by atoms with Gasteiger partial charge in [-0.2, -0.15) is 22.3 Å². The van der Waals surface area contributed by atoms with Gasteiger partial charge >= 0.3 is 0 Å². The number of nitrogens with one attached hydrogen (secondary N) is 1. The molecule has 0 bridgehead atoms. The number of thiophene rings is 1. The Morgan fingerprint density at radius 3 is 2.30 bits per heavy atom. The zero-order valence-electron chi connectivity index (χ0n) is 17.2. The van der Waals surface area contributed by atoms with Crippen LogP contribution in [0.3, 0.4) is 0 Å². The zero-order valence-corrected chi connectivity index (χ0v) is 18.9. The highest BCUT2D eigenvalue weighted by molar-refractivity contribution is 7.86. The smallest absolute Gasteiger partial charge is 0.282 e. The highest BCUT2D eigenvalue weighted by atomic mass is 32.2. The predicted octanol–water partition coefficient (Wildman–Crippen LogP) is 1.79. The molecule has 0 unspecified atom stereocenters. The Hall–Kier alpha value is -1.51. The van der Waals surface area contributed by atoms with E-state index in [0.29, 0.717) is 49.8 Å². The summed E-state index contributed by atoms with van der Waals surface area (Å²) in [5.41, 5.74) is 1.72. The van der Waals surface area contributed by atoms with Gasteiger partial charge in [-0.1, -0.05) is 12.8 Å². The van der Waals surface area contributed by atoms with E-state index in [4.69, 9.17) is 0 Å². The Morgan fingerprint density at radius 1 is 0.967 bits per heavy atom. The van der Waals surface area contributed by atoms with Crippen molar-refractivity contribution in [2.45, 2.75) is 44.9 Å². The molecular formula is C20H29N5O3S2. The number of carbonyl (C=O) groups is 1. The lowest BCUT2D eigenvalue weighted by atomic mass is 10.1. The molecule has 3 heterocycles. The topological polar surface area (TPSA) is 96.7 Å². The average molecular weight is 452 g/mol. The maximum atomic E-state index is 12.9. The van der Waals surface area contributed by atoms with E-state index in [1.54, 1.807) is 8.61 Å². The molecule has 0 atom stereocenters. The first-order chi connectivity index (χ1) is 14.5. The van der Waals surface area contributed by atoms with E-state index < -0.39 is 10.2 Å². The molecule has 10 heteroatoms. The maximum absolute atomic E-state index is 12.9. The highest BCUT2D eigenvalue weighted by Gasteiger charge is 2.33. The SMILES string of the molecule is N#Cc1c(NC(=O)CN2CCN(S(=O)(=O)N3CCCCCC3)CC2)sc2c1CCC2. The fraction of sp³-hybridized carbons (Fsp3) is 0.700. The van der Waals surface area contributed by atoms with Crippen molar-refractivity contribution in [2.24, 2.45) is 0 Å². The van der Waals surface area contributed by atoms with Gasteiger partial charge in [0.2, 0.25) is 5.91 Å². The molecule has 0 saturated carbocycles. The summed E-state index contributed by atoms with van der Waals surface area (Å²) in [5, 5.41) is 13.0.